The Morgan fingerprint density at radius 2 is 2.05 bits per heavy atom. The van der Waals surface area contributed by atoms with E-state index < -0.39 is 5.82 Å². The van der Waals surface area contributed by atoms with Crippen LogP contribution in [-0.2, 0) is 0 Å². The lowest BCUT2D eigenvalue weighted by atomic mass is 9.94. The van der Waals surface area contributed by atoms with Crippen molar-refractivity contribution >= 4 is 33.6 Å². The fraction of sp³-hybridized carbons (Fsp3) is 0.500. The summed E-state index contributed by atoms with van der Waals surface area (Å²) < 4.78 is 13.6. The second-order valence-corrected chi connectivity index (χ2v) is 6.72. The molecule has 0 aromatic heterocycles. The normalized spacial score (nSPS) is 23.1. The zero-order valence-electron chi connectivity index (χ0n) is 10.8. The van der Waals surface area contributed by atoms with E-state index in [0.717, 1.165) is 25.7 Å². The lowest BCUT2D eigenvalue weighted by Crippen LogP contribution is -2.38. The molecule has 19 heavy (non-hydrogen) atoms. The van der Waals surface area contributed by atoms with Crippen molar-refractivity contribution in [2.24, 2.45) is 0 Å². The molecule has 0 spiro atoms. The molecule has 2 rings (SSSR count). The maximum Gasteiger partial charge on any atom is 0.252 e. The number of thioether (sulfide) groups is 1. The van der Waals surface area contributed by atoms with Gasteiger partial charge in [-0.15, -0.1) is 0 Å². The average molecular weight is 346 g/mol. The van der Waals surface area contributed by atoms with Crippen LogP contribution in [0.3, 0.4) is 0 Å². The fourth-order valence-corrected chi connectivity index (χ4v) is 3.57. The number of hydrogen-bond donors (Lipinski definition) is 1. The highest BCUT2D eigenvalue weighted by Crippen LogP contribution is 2.27. The number of hydrogen-bond acceptors (Lipinski definition) is 2. The summed E-state index contributed by atoms with van der Waals surface area (Å²) in [6, 6.07) is 4.74. The first kappa shape index (κ1) is 14.9. The van der Waals surface area contributed by atoms with E-state index in [1.54, 1.807) is 12.1 Å². The van der Waals surface area contributed by atoms with Gasteiger partial charge in [0.1, 0.15) is 5.82 Å². The molecule has 0 radical (unpaired) electrons. The van der Waals surface area contributed by atoms with Gasteiger partial charge in [0.2, 0.25) is 0 Å². The Bertz CT molecular complexity index is 461. The Kier molecular flexibility index (Phi) is 5.28. The summed E-state index contributed by atoms with van der Waals surface area (Å²) in [6.45, 7) is 0. The van der Waals surface area contributed by atoms with E-state index >= 15 is 0 Å². The van der Waals surface area contributed by atoms with Gasteiger partial charge in [0.05, 0.1) is 10.0 Å². The first-order valence-corrected chi connectivity index (χ1v) is 8.47. The molecule has 0 aliphatic heterocycles. The molecule has 1 aromatic carbocycles. The minimum atomic E-state index is -0.404. The minimum absolute atomic E-state index is 0.195. The largest absolute Gasteiger partial charge is 0.349 e. The molecular formula is C14H17BrFNOS. The molecular weight excluding hydrogens is 329 g/mol. The fourth-order valence-electron chi connectivity index (χ4n) is 2.39. The van der Waals surface area contributed by atoms with E-state index in [2.05, 4.69) is 27.5 Å². The Balaban J connectivity index is 1.96. The number of benzene rings is 1. The molecule has 1 amide bonds. The molecule has 1 aromatic rings. The Labute approximate surface area is 125 Å². The third-order valence-corrected chi connectivity index (χ3v) is 5.48. The van der Waals surface area contributed by atoms with Crippen LogP contribution in [0.4, 0.5) is 4.39 Å². The highest BCUT2D eigenvalue weighted by molar-refractivity contribution is 9.10. The molecule has 0 atom stereocenters. The number of amides is 1. The zero-order chi connectivity index (χ0) is 13.8. The number of nitrogens with one attached hydrogen (secondary N) is 1. The predicted octanol–water partition coefficient (Wildman–Crippen LogP) is 3.99. The number of carbonyl (C=O) groups excluding carboxylic acids is 1. The summed E-state index contributed by atoms with van der Waals surface area (Å²) in [5, 5.41) is 3.72. The van der Waals surface area contributed by atoms with Gasteiger partial charge in [0.25, 0.3) is 5.91 Å². The van der Waals surface area contributed by atoms with Crippen molar-refractivity contribution in [2.45, 2.75) is 37.0 Å². The van der Waals surface area contributed by atoms with Gasteiger partial charge in [0.15, 0.2) is 0 Å². The summed E-state index contributed by atoms with van der Waals surface area (Å²) in [7, 11) is 0. The van der Waals surface area contributed by atoms with Gasteiger partial charge in [0, 0.05) is 11.3 Å². The SMILES string of the molecule is CSC1CCC(NC(=O)c2cccc(F)c2Br)CC1. The van der Waals surface area contributed by atoms with Crippen LogP contribution in [0.5, 0.6) is 0 Å². The standard InChI is InChI=1S/C14H17BrFNOS/c1-19-10-7-5-9(6-8-10)17-14(18)11-3-2-4-12(16)13(11)15/h2-4,9-10H,5-8H2,1H3,(H,17,18). The van der Waals surface area contributed by atoms with E-state index in [4.69, 9.17) is 0 Å². The topological polar surface area (TPSA) is 29.1 Å². The molecule has 0 unspecified atom stereocenters. The molecule has 0 heterocycles. The molecule has 0 bridgehead atoms. The van der Waals surface area contributed by atoms with Gasteiger partial charge >= 0.3 is 0 Å². The molecule has 1 N–H and O–H groups in total. The Morgan fingerprint density at radius 3 is 2.68 bits per heavy atom. The summed E-state index contributed by atoms with van der Waals surface area (Å²) >= 11 is 5.02. The molecule has 1 saturated carbocycles. The van der Waals surface area contributed by atoms with E-state index in [1.807, 2.05) is 11.8 Å². The smallest absolute Gasteiger partial charge is 0.252 e. The van der Waals surface area contributed by atoms with Gasteiger partial charge in [-0.2, -0.15) is 11.8 Å². The Morgan fingerprint density at radius 1 is 1.37 bits per heavy atom. The van der Waals surface area contributed by atoms with Crippen molar-refractivity contribution < 1.29 is 9.18 Å². The average Bonchev–Trinajstić information content (AvgIpc) is 2.42. The van der Waals surface area contributed by atoms with E-state index in [-0.39, 0.29) is 16.4 Å². The second kappa shape index (κ2) is 6.75. The van der Waals surface area contributed by atoms with Crippen molar-refractivity contribution in [1.82, 2.24) is 5.32 Å². The third-order valence-electron chi connectivity index (χ3n) is 3.54. The van der Waals surface area contributed by atoms with Crippen LogP contribution in [-0.4, -0.2) is 23.5 Å². The van der Waals surface area contributed by atoms with Crippen molar-refractivity contribution in [2.75, 3.05) is 6.26 Å². The van der Waals surface area contributed by atoms with Crippen LogP contribution in [0, 0.1) is 5.82 Å². The first-order valence-electron chi connectivity index (χ1n) is 6.39. The van der Waals surface area contributed by atoms with E-state index in [9.17, 15) is 9.18 Å². The van der Waals surface area contributed by atoms with E-state index in [0.29, 0.717) is 10.8 Å². The molecule has 1 aliphatic carbocycles. The van der Waals surface area contributed by atoms with Crippen molar-refractivity contribution in [3.8, 4) is 0 Å². The van der Waals surface area contributed by atoms with Gasteiger partial charge in [-0.05, 0) is 60.0 Å². The molecule has 1 fully saturated rings. The molecule has 104 valence electrons. The monoisotopic (exact) mass is 345 g/mol. The summed E-state index contributed by atoms with van der Waals surface area (Å²) in [4.78, 5) is 12.1. The molecule has 2 nitrogen and oxygen atoms in total. The number of carbonyl (C=O) groups is 1. The van der Waals surface area contributed by atoms with Gasteiger partial charge in [-0.25, -0.2) is 4.39 Å². The van der Waals surface area contributed by atoms with Crippen LogP contribution in [0.15, 0.2) is 22.7 Å². The minimum Gasteiger partial charge on any atom is -0.349 e. The maximum atomic E-state index is 13.4. The van der Waals surface area contributed by atoms with Crippen molar-refractivity contribution in [3.05, 3.63) is 34.1 Å². The Hall–Kier alpha value is -0.550. The molecule has 5 heteroatoms. The van der Waals surface area contributed by atoms with Crippen LogP contribution in [0.25, 0.3) is 0 Å². The zero-order valence-corrected chi connectivity index (χ0v) is 13.2. The third kappa shape index (κ3) is 3.72. The predicted molar refractivity (Wildman–Crippen MR) is 81.1 cm³/mol. The summed E-state index contributed by atoms with van der Waals surface area (Å²) in [6.07, 6.45) is 6.41. The quantitative estimate of drug-likeness (QED) is 0.897. The highest BCUT2D eigenvalue weighted by atomic mass is 79.9. The van der Waals surface area contributed by atoms with Gasteiger partial charge < -0.3 is 5.32 Å². The highest BCUT2D eigenvalue weighted by Gasteiger charge is 2.23. The lowest BCUT2D eigenvalue weighted by Gasteiger charge is -2.28. The van der Waals surface area contributed by atoms with Crippen LogP contribution < -0.4 is 5.32 Å². The molecule has 1 aliphatic rings. The second-order valence-electron chi connectivity index (χ2n) is 4.78. The van der Waals surface area contributed by atoms with Gasteiger partial charge in [-0.1, -0.05) is 6.07 Å². The van der Waals surface area contributed by atoms with Crippen LogP contribution in [0.1, 0.15) is 36.0 Å². The summed E-state index contributed by atoms with van der Waals surface area (Å²) in [5.74, 6) is -0.599. The number of rotatable bonds is 3. The van der Waals surface area contributed by atoms with Crippen LogP contribution in [0.2, 0.25) is 0 Å². The summed E-state index contributed by atoms with van der Waals surface area (Å²) in [5.41, 5.74) is 0.368. The van der Waals surface area contributed by atoms with E-state index in [1.165, 1.54) is 6.07 Å². The van der Waals surface area contributed by atoms with Gasteiger partial charge in [-0.3, -0.25) is 4.79 Å². The number of halogens is 2. The molecule has 0 saturated heterocycles. The van der Waals surface area contributed by atoms with Crippen LogP contribution >= 0.6 is 27.7 Å². The van der Waals surface area contributed by atoms with Crippen molar-refractivity contribution in [1.29, 1.82) is 0 Å². The lowest BCUT2D eigenvalue weighted by molar-refractivity contribution is 0.0927. The maximum absolute atomic E-state index is 13.4. The first-order chi connectivity index (χ1) is 9.11. The van der Waals surface area contributed by atoms with Crippen molar-refractivity contribution in [3.63, 3.8) is 0 Å².